The van der Waals surface area contributed by atoms with Gasteiger partial charge in [-0.25, -0.2) is 0 Å². The topological polar surface area (TPSA) is 32.8 Å². The van der Waals surface area contributed by atoms with E-state index in [1.54, 1.807) is 7.11 Å². The van der Waals surface area contributed by atoms with Gasteiger partial charge in [-0.2, -0.15) is 0 Å². The number of thiophene rings is 1. The van der Waals surface area contributed by atoms with E-state index in [2.05, 4.69) is 28.9 Å². The Hall–Kier alpha value is -0.910. The van der Waals surface area contributed by atoms with Crippen LogP contribution < -0.4 is 0 Å². The first kappa shape index (κ1) is 16.9. The van der Waals surface area contributed by atoms with Crippen molar-refractivity contribution in [2.24, 2.45) is 0 Å². The zero-order valence-electron chi connectivity index (χ0n) is 14.3. The maximum atomic E-state index is 12.3. The molecule has 2 fully saturated rings. The van der Waals surface area contributed by atoms with Gasteiger partial charge in [-0.1, -0.05) is 0 Å². The Morgan fingerprint density at radius 1 is 1.26 bits per heavy atom. The lowest BCUT2D eigenvalue weighted by molar-refractivity contribution is -0.132. The number of carbonyl (C=O) groups is 1. The van der Waals surface area contributed by atoms with Crippen molar-refractivity contribution in [3.8, 4) is 0 Å². The Morgan fingerprint density at radius 3 is 2.87 bits per heavy atom. The van der Waals surface area contributed by atoms with Crippen molar-refractivity contribution in [2.75, 3.05) is 33.4 Å². The minimum Gasteiger partial charge on any atom is -0.383 e. The van der Waals surface area contributed by atoms with Crippen molar-refractivity contribution in [1.82, 2.24) is 9.80 Å². The molecule has 1 amide bonds. The highest BCUT2D eigenvalue weighted by Gasteiger charge is 2.45. The number of hydrogen-bond donors (Lipinski definition) is 0. The van der Waals surface area contributed by atoms with E-state index in [0.29, 0.717) is 18.9 Å². The van der Waals surface area contributed by atoms with Gasteiger partial charge in [0, 0.05) is 48.5 Å². The van der Waals surface area contributed by atoms with Gasteiger partial charge >= 0.3 is 0 Å². The summed E-state index contributed by atoms with van der Waals surface area (Å²) < 4.78 is 5.22. The lowest BCUT2D eigenvalue weighted by atomic mass is 9.88. The fourth-order valence-electron chi connectivity index (χ4n) is 4.12. The Bertz CT molecular complexity index is 545. The van der Waals surface area contributed by atoms with E-state index in [4.69, 9.17) is 4.74 Å². The highest BCUT2D eigenvalue weighted by Crippen LogP contribution is 2.39. The van der Waals surface area contributed by atoms with Gasteiger partial charge in [0.1, 0.15) is 0 Å². The molecule has 3 rings (SSSR count). The van der Waals surface area contributed by atoms with Gasteiger partial charge in [-0.15, -0.1) is 11.3 Å². The molecule has 0 aliphatic carbocycles. The zero-order valence-corrected chi connectivity index (χ0v) is 15.2. The molecule has 1 atom stereocenters. The lowest BCUT2D eigenvalue weighted by Crippen LogP contribution is -2.47. The normalized spacial score (nSPS) is 26.2. The summed E-state index contributed by atoms with van der Waals surface area (Å²) >= 11 is 1.90. The first-order valence-electron chi connectivity index (χ1n) is 8.70. The van der Waals surface area contributed by atoms with Crippen LogP contribution in [-0.2, 0) is 16.1 Å². The molecular weight excluding hydrogens is 308 g/mol. The molecule has 0 unspecified atom stereocenters. The molecule has 0 saturated carbocycles. The van der Waals surface area contributed by atoms with Crippen molar-refractivity contribution < 1.29 is 9.53 Å². The molecule has 2 aliphatic rings. The van der Waals surface area contributed by atoms with Gasteiger partial charge in [0.25, 0.3) is 0 Å². The van der Waals surface area contributed by atoms with Gasteiger partial charge in [-0.3, -0.25) is 9.69 Å². The van der Waals surface area contributed by atoms with Crippen LogP contribution in [0.15, 0.2) is 12.1 Å². The summed E-state index contributed by atoms with van der Waals surface area (Å²) in [6.07, 6.45) is 5.17. The van der Waals surface area contributed by atoms with Crippen LogP contribution in [0.4, 0.5) is 0 Å². The highest BCUT2D eigenvalue weighted by molar-refractivity contribution is 7.11. The predicted octanol–water partition coefficient (Wildman–Crippen LogP) is 3.05. The molecule has 0 N–H and O–H groups in total. The number of hydrogen-bond acceptors (Lipinski definition) is 4. The Balaban J connectivity index is 1.63. The molecule has 3 heterocycles. The van der Waals surface area contributed by atoms with Crippen molar-refractivity contribution in [3.63, 3.8) is 0 Å². The molecule has 0 bridgehead atoms. The van der Waals surface area contributed by atoms with Gasteiger partial charge < -0.3 is 9.64 Å². The van der Waals surface area contributed by atoms with Crippen LogP contribution in [0.5, 0.6) is 0 Å². The number of carbonyl (C=O) groups excluding carboxylic acids is 1. The third kappa shape index (κ3) is 3.78. The molecule has 2 saturated heterocycles. The third-order valence-corrected chi connectivity index (χ3v) is 6.37. The molecule has 2 aliphatic heterocycles. The number of nitrogens with zero attached hydrogens (tertiary/aromatic N) is 2. The maximum absolute atomic E-state index is 12.3. The third-order valence-electron chi connectivity index (χ3n) is 5.38. The molecule has 0 aromatic carbocycles. The van der Waals surface area contributed by atoms with Gasteiger partial charge in [0.15, 0.2) is 0 Å². The van der Waals surface area contributed by atoms with E-state index < -0.39 is 0 Å². The largest absolute Gasteiger partial charge is 0.383 e. The summed E-state index contributed by atoms with van der Waals surface area (Å²) in [7, 11) is 1.71. The summed E-state index contributed by atoms with van der Waals surface area (Å²) in [5, 5.41) is 0. The number of rotatable bonds is 5. The van der Waals surface area contributed by atoms with Crippen molar-refractivity contribution in [3.05, 3.63) is 21.9 Å². The number of aryl methyl sites for hydroxylation is 1. The molecular formula is C18H28N2O2S. The Kier molecular flexibility index (Phi) is 5.39. The Labute approximate surface area is 143 Å². The van der Waals surface area contributed by atoms with E-state index in [-0.39, 0.29) is 5.54 Å². The number of ether oxygens (including phenoxy) is 1. The molecule has 23 heavy (non-hydrogen) atoms. The van der Waals surface area contributed by atoms with Crippen LogP contribution in [0.25, 0.3) is 0 Å². The fraction of sp³-hybridized carbons (Fsp3) is 0.722. The summed E-state index contributed by atoms with van der Waals surface area (Å²) in [6, 6.07) is 4.46. The van der Waals surface area contributed by atoms with Crippen LogP contribution in [0.2, 0.25) is 0 Å². The molecule has 1 aromatic rings. The fourth-order valence-corrected chi connectivity index (χ4v) is 5.05. The van der Waals surface area contributed by atoms with Crippen LogP contribution in [-0.4, -0.2) is 54.6 Å². The first-order valence-corrected chi connectivity index (χ1v) is 9.52. The van der Waals surface area contributed by atoms with Crippen LogP contribution >= 0.6 is 11.3 Å². The number of likely N-dealkylation sites (tertiary alicyclic amines) is 2. The molecule has 1 aromatic heterocycles. The van der Waals surface area contributed by atoms with Crippen molar-refractivity contribution >= 4 is 17.2 Å². The van der Waals surface area contributed by atoms with Gasteiger partial charge in [0.2, 0.25) is 5.91 Å². The number of methoxy groups -OCH3 is 1. The van der Waals surface area contributed by atoms with E-state index in [1.165, 1.54) is 16.2 Å². The highest BCUT2D eigenvalue weighted by atomic mass is 32.1. The van der Waals surface area contributed by atoms with E-state index >= 15 is 0 Å². The second-order valence-corrected chi connectivity index (χ2v) is 8.28. The molecule has 128 valence electrons. The predicted molar refractivity (Wildman–Crippen MR) is 93.7 cm³/mol. The second-order valence-electron chi connectivity index (χ2n) is 6.90. The summed E-state index contributed by atoms with van der Waals surface area (Å²) in [4.78, 5) is 19.8. The van der Waals surface area contributed by atoms with Gasteiger partial charge in [-0.05, 0) is 51.3 Å². The minimum atomic E-state index is 0.0930. The molecule has 1 spiro atoms. The molecule has 0 radical (unpaired) electrons. The monoisotopic (exact) mass is 336 g/mol. The summed E-state index contributed by atoms with van der Waals surface area (Å²) in [5.41, 5.74) is 0.0930. The zero-order chi connectivity index (χ0) is 16.3. The van der Waals surface area contributed by atoms with E-state index in [9.17, 15) is 4.79 Å². The van der Waals surface area contributed by atoms with Crippen molar-refractivity contribution in [1.29, 1.82) is 0 Å². The van der Waals surface area contributed by atoms with Crippen LogP contribution in [0.1, 0.15) is 41.9 Å². The average Bonchev–Trinajstić information content (AvgIpc) is 2.99. The van der Waals surface area contributed by atoms with Crippen molar-refractivity contribution in [2.45, 2.75) is 51.1 Å². The van der Waals surface area contributed by atoms with E-state index in [0.717, 1.165) is 45.4 Å². The summed E-state index contributed by atoms with van der Waals surface area (Å²) in [5.74, 6) is 0.324. The second kappa shape index (κ2) is 7.32. The quantitative estimate of drug-likeness (QED) is 0.828. The number of amides is 1. The van der Waals surface area contributed by atoms with Crippen LogP contribution in [0.3, 0.4) is 0 Å². The SMILES string of the molecule is COCCN1C(=O)CC[C@]12CCCN(Cc1ccc(C)s1)CC2. The first-order chi connectivity index (χ1) is 11.1. The lowest BCUT2D eigenvalue weighted by Gasteiger charge is -2.38. The molecule has 4 nitrogen and oxygen atoms in total. The standard InChI is InChI=1S/C18H28N2O2S/c1-15-4-5-16(23-15)14-19-10-3-7-18(9-11-19)8-6-17(21)20(18)12-13-22-2/h4-5H,3,6-14H2,1-2H3/t18-/m0/s1. The smallest absolute Gasteiger partial charge is 0.223 e. The summed E-state index contributed by atoms with van der Waals surface area (Å²) in [6.45, 7) is 6.86. The maximum Gasteiger partial charge on any atom is 0.223 e. The van der Waals surface area contributed by atoms with Crippen LogP contribution in [0, 0.1) is 6.92 Å². The average molecular weight is 337 g/mol. The Morgan fingerprint density at radius 2 is 2.13 bits per heavy atom. The van der Waals surface area contributed by atoms with Gasteiger partial charge in [0.05, 0.1) is 6.61 Å². The molecule has 5 heteroatoms. The van der Waals surface area contributed by atoms with E-state index in [1.807, 2.05) is 11.3 Å². The minimum absolute atomic E-state index is 0.0930.